The van der Waals surface area contributed by atoms with E-state index in [1.807, 2.05) is 11.3 Å². The van der Waals surface area contributed by atoms with Gasteiger partial charge in [0.15, 0.2) is 0 Å². The first-order valence-corrected chi connectivity index (χ1v) is 7.44. The van der Waals surface area contributed by atoms with E-state index >= 15 is 0 Å². The third kappa shape index (κ3) is 2.30. The molecule has 0 amide bonds. The maximum Gasteiger partial charge on any atom is 0.0348 e. The van der Waals surface area contributed by atoms with Gasteiger partial charge in [-0.25, -0.2) is 0 Å². The number of nitrogens with zero attached hydrogens (tertiary/aromatic N) is 1. The van der Waals surface area contributed by atoms with E-state index in [9.17, 15) is 0 Å². The zero-order valence-electron chi connectivity index (χ0n) is 11.1. The van der Waals surface area contributed by atoms with E-state index in [1.165, 1.54) is 22.2 Å². The second-order valence-electron chi connectivity index (χ2n) is 5.26. The van der Waals surface area contributed by atoms with Crippen LogP contribution in [0.3, 0.4) is 0 Å². The first-order chi connectivity index (χ1) is 8.74. The van der Waals surface area contributed by atoms with Crippen molar-refractivity contribution < 1.29 is 0 Å². The number of benzene rings is 1. The van der Waals surface area contributed by atoms with Gasteiger partial charge in [0.1, 0.15) is 0 Å². The van der Waals surface area contributed by atoms with Gasteiger partial charge in [-0.05, 0) is 37.4 Å². The number of likely N-dealkylation sites (N-methyl/N-ethyl adjacent to an activating group) is 1. The highest BCUT2D eigenvalue weighted by atomic mass is 32.1. The van der Waals surface area contributed by atoms with E-state index < -0.39 is 0 Å². The molecule has 3 heteroatoms. The molecule has 0 saturated carbocycles. The fraction of sp³-hybridized carbons (Fsp3) is 0.467. The van der Waals surface area contributed by atoms with Crippen LogP contribution >= 0.6 is 11.3 Å². The maximum atomic E-state index is 3.63. The van der Waals surface area contributed by atoms with Crippen LogP contribution in [0.4, 0.5) is 0 Å². The summed E-state index contributed by atoms with van der Waals surface area (Å²) in [5.41, 5.74) is 1.48. The lowest BCUT2D eigenvalue weighted by molar-refractivity contribution is 0.238. The Kier molecular flexibility index (Phi) is 3.37. The van der Waals surface area contributed by atoms with Gasteiger partial charge in [0.05, 0.1) is 0 Å². The highest BCUT2D eigenvalue weighted by Crippen LogP contribution is 2.31. The molecule has 0 bridgehead atoms. The quantitative estimate of drug-likeness (QED) is 0.893. The van der Waals surface area contributed by atoms with Crippen LogP contribution in [0.1, 0.15) is 10.4 Å². The summed E-state index contributed by atoms with van der Waals surface area (Å²) in [4.78, 5) is 3.97. The van der Waals surface area contributed by atoms with E-state index in [0.29, 0.717) is 6.04 Å². The minimum absolute atomic E-state index is 0.607. The maximum absolute atomic E-state index is 3.63. The Labute approximate surface area is 113 Å². The molecule has 1 aliphatic rings. The minimum atomic E-state index is 0.607. The molecule has 1 aliphatic heterocycles. The van der Waals surface area contributed by atoms with Gasteiger partial charge in [-0.3, -0.25) is 0 Å². The van der Waals surface area contributed by atoms with Crippen molar-refractivity contribution in [1.82, 2.24) is 10.2 Å². The fourth-order valence-corrected chi connectivity index (χ4v) is 4.06. The molecule has 1 fully saturated rings. The van der Waals surface area contributed by atoms with Crippen molar-refractivity contribution in [3.63, 3.8) is 0 Å². The fourth-order valence-electron chi connectivity index (χ4n) is 2.77. The minimum Gasteiger partial charge on any atom is -0.311 e. The first kappa shape index (κ1) is 12.2. The molecule has 96 valence electrons. The highest BCUT2D eigenvalue weighted by molar-refractivity contribution is 7.19. The molecule has 0 radical (unpaired) electrons. The van der Waals surface area contributed by atoms with E-state index in [2.05, 4.69) is 48.5 Å². The summed E-state index contributed by atoms with van der Waals surface area (Å²) >= 11 is 1.96. The highest BCUT2D eigenvalue weighted by Gasteiger charge is 2.19. The predicted octanol–water partition coefficient (Wildman–Crippen LogP) is 2.66. The third-order valence-electron chi connectivity index (χ3n) is 3.83. The molecule has 2 aromatic rings. The Bertz CT molecular complexity index is 546. The van der Waals surface area contributed by atoms with Crippen LogP contribution in [-0.4, -0.2) is 37.6 Å². The number of aryl methyl sites for hydroxylation is 1. The summed E-state index contributed by atoms with van der Waals surface area (Å²) in [5, 5.41) is 5.07. The van der Waals surface area contributed by atoms with Gasteiger partial charge in [-0.1, -0.05) is 18.2 Å². The number of hydrogen-bond acceptors (Lipinski definition) is 3. The van der Waals surface area contributed by atoms with Crippen LogP contribution in [0, 0.1) is 6.92 Å². The molecule has 1 aromatic heterocycles. The van der Waals surface area contributed by atoms with E-state index in [-0.39, 0.29) is 0 Å². The summed E-state index contributed by atoms with van der Waals surface area (Å²) in [5.74, 6) is 0. The Morgan fingerprint density at radius 3 is 3.00 bits per heavy atom. The van der Waals surface area contributed by atoms with Crippen molar-refractivity contribution in [2.45, 2.75) is 19.4 Å². The Balaban J connectivity index is 1.84. The van der Waals surface area contributed by atoms with Crippen molar-refractivity contribution in [3.8, 4) is 0 Å². The Hall–Kier alpha value is -0.900. The summed E-state index contributed by atoms with van der Waals surface area (Å²) in [6.45, 7) is 5.71. The number of fused-ring (bicyclic) bond motifs is 1. The van der Waals surface area contributed by atoms with Crippen LogP contribution in [0.2, 0.25) is 0 Å². The summed E-state index contributed by atoms with van der Waals surface area (Å²) in [6, 6.07) is 9.35. The number of thiophene rings is 1. The number of piperazine rings is 1. The smallest absolute Gasteiger partial charge is 0.0348 e. The van der Waals surface area contributed by atoms with Gasteiger partial charge in [0.2, 0.25) is 0 Å². The zero-order chi connectivity index (χ0) is 12.5. The largest absolute Gasteiger partial charge is 0.311 e. The molecule has 1 aromatic carbocycles. The monoisotopic (exact) mass is 260 g/mol. The van der Waals surface area contributed by atoms with Crippen molar-refractivity contribution in [3.05, 3.63) is 34.7 Å². The first-order valence-electron chi connectivity index (χ1n) is 6.63. The topological polar surface area (TPSA) is 15.3 Å². The molecule has 1 saturated heterocycles. The van der Waals surface area contributed by atoms with E-state index in [1.54, 1.807) is 4.88 Å². The summed E-state index contributed by atoms with van der Waals surface area (Å²) in [6.07, 6.45) is 1.16. The molecule has 1 N–H and O–H groups in total. The summed E-state index contributed by atoms with van der Waals surface area (Å²) in [7, 11) is 2.21. The van der Waals surface area contributed by atoms with Crippen molar-refractivity contribution in [2.75, 3.05) is 26.7 Å². The van der Waals surface area contributed by atoms with Crippen molar-refractivity contribution in [1.29, 1.82) is 0 Å². The second kappa shape index (κ2) is 5.00. The predicted molar refractivity (Wildman–Crippen MR) is 79.6 cm³/mol. The van der Waals surface area contributed by atoms with Gasteiger partial charge >= 0.3 is 0 Å². The molecule has 3 rings (SSSR count). The lowest BCUT2D eigenvalue weighted by Crippen LogP contribution is -2.49. The molecule has 0 spiro atoms. The average molecular weight is 260 g/mol. The third-order valence-corrected chi connectivity index (χ3v) is 5.13. The molecule has 18 heavy (non-hydrogen) atoms. The number of nitrogens with one attached hydrogen (secondary N) is 1. The zero-order valence-corrected chi connectivity index (χ0v) is 11.9. The SMILES string of the molecule is Cc1c(CC2CN(C)CCN2)sc2ccccc12. The van der Waals surface area contributed by atoms with Crippen LogP contribution in [-0.2, 0) is 6.42 Å². The second-order valence-corrected chi connectivity index (χ2v) is 6.40. The molecular formula is C15H20N2S. The summed E-state index contributed by atoms with van der Waals surface area (Å²) < 4.78 is 1.43. The van der Waals surface area contributed by atoms with Gasteiger partial charge in [-0.15, -0.1) is 11.3 Å². The van der Waals surface area contributed by atoms with E-state index in [0.717, 1.165) is 19.5 Å². The van der Waals surface area contributed by atoms with Crippen LogP contribution in [0.25, 0.3) is 10.1 Å². The van der Waals surface area contributed by atoms with Gasteiger partial charge in [0, 0.05) is 35.3 Å². The van der Waals surface area contributed by atoms with Crippen molar-refractivity contribution in [2.24, 2.45) is 0 Å². The molecule has 0 aliphatic carbocycles. The lowest BCUT2D eigenvalue weighted by Gasteiger charge is -2.30. The van der Waals surface area contributed by atoms with Gasteiger partial charge in [0.25, 0.3) is 0 Å². The van der Waals surface area contributed by atoms with Gasteiger partial charge < -0.3 is 10.2 Å². The Morgan fingerprint density at radius 2 is 2.22 bits per heavy atom. The number of hydrogen-bond donors (Lipinski definition) is 1. The number of rotatable bonds is 2. The molecular weight excluding hydrogens is 240 g/mol. The molecule has 2 heterocycles. The Morgan fingerprint density at radius 1 is 1.39 bits per heavy atom. The molecule has 2 nitrogen and oxygen atoms in total. The normalized spacial score (nSPS) is 21.6. The molecule has 1 unspecified atom stereocenters. The lowest BCUT2D eigenvalue weighted by atomic mass is 10.1. The van der Waals surface area contributed by atoms with Crippen LogP contribution < -0.4 is 5.32 Å². The van der Waals surface area contributed by atoms with Crippen LogP contribution in [0.15, 0.2) is 24.3 Å². The van der Waals surface area contributed by atoms with Gasteiger partial charge in [-0.2, -0.15) is 0 Å². The average Bonchev–Trinajstić information content (AvgIpc) is 2.67. The van der Waals surface area contributed by atoms with E-state index in [4.69, 9.17) is 0 Å². The standard InChI is InChI=1S/C15H20N2S/c1-11-13-5-3-4-6-14(13)18-15(11)9-12-10-17(2)8-7-16-12/h3-6,12,16H,7-10H2,1-2H3. The molecule has 1 atom stereocenters. The van der Waals surface area contributed by atoms with Crippen molar-refractivity contribution >= 4 is 21.4 Å². The van der Waals surface area contributed by atoms with Crippen LogP contribution in [0.5, 0.6) is 0 Å².